The van der Waals surface area contributed by atoms with Crippen molar-refractivity contribution in [2.75, 3.05) is 20.2 Å². The Bertz CT molecular complexity index is 693. The Labute approximate surface area is 149 Å². The first-order valence-electron chi connectivity index (χ1n) is 8.74. The molecule has 1 unspecified atom stereocenters. The number of hydrogen-bond donors (Lipinski definition) is 3. The van der Waals surface area contributed by atoms with Crippen LogP contribution in [0, 0.1) is 0 Å². The van der Waals surface area contributed by atoms with Gasteiger partial charge in [0.2, 0.25) is 10.0 Å². The van der Waals surface area contributed by atoms with Gasteiger partial charge in [0.05, 0.1) is 11.0 Å². The van der Waals surface area contributed by atoms with E-state index in [1.54, 1.807) is 19.2 Å². The number of nitrogens with one attached hydrogen (secondary N) is 3. The third-order valence-corrected chi connectivity index (χ3v) is 5.87. The van der Waals surface area contributed by atoms with Gasteiger partial charge in [-0.25, -0.2) is 13.1 Å². The summed E-state index contributed by atoms with van der Waals surface area (Å²) < 4.78 is 32.6. The predicted molar refractivity (Wildman–Crippen MR) is 97.0 cm³/mol. The van der Waals surface area contributed by atoms with Crippen molar-refractivity contribution in [2.24, 2.45) is 4.99 Å². The number of aliphatic imine (C=N–C) groups is 1. The molecule has 1 atom stereocenters. The molecule has 2 fully saturated rings. The van der Waals surface area contributed by atoms with E-state index in [9.17, 15) is 8.42 Å². The zero-order chi connectivity index (χ0) is 17.7. The molecule has 3 N–H and O–H groups in total. The Morgan fingerprint density at radius 3 is 2.56 bits per heavy atom. The maximum absolute atomic E-state index is 12.1. The molecule has 3 rings (SSSR count). The van der Waals surface area contributed by atoms with Crippen molar-refractivity contribution in [3.8, 4) is 0 Å². The third kappa shape index (κ3) is 5.42. The first-order chi connectivity index (χ1) is 12.1. The van der Waals surface area contributed by atoms with E-state index in [1.807, 2.05) is 12.1 Å². The van der Waals surface area contributed by atoms with Crippen molar-refractivity contribution in [1.82, 2.24) is 15.4 Å². The maximum Gasteiger partial charge on any atom is 0.240 e. The van der Waals surface area contributed by atoms with Crippen LogP contribution in [0.3, 0.4) is 0 Å². The van der Waals surface area contributed by atoms with Crippen LogP contribution in [0.1, 0.15) is 31.2 Å². The van der Waals surface area contributed by atoms with Crippen molar-refractivity contribution >= 4 is 16.0 Å². The number of ether oxygens (including phenoxy) is 1. The Hall–Kier alpha value is -1.64. The number of hydrogen-bond acceptors (Lipinski definition) is 4. The van der Waals surface area contributed by atoms with Crippen molar-refractivity contribution in [1.29, 1.82) is 0 Å². The van der Waals surface area contributed by atoms with Crippen LogP contribution < -0.4 is 15.4 Å². The molecular formula is C17H26N4O3S. The van der Waals surface area contributed by atoms with E-state index >= 15 is 0 Å². The molecule has 0 spiro atoms. The van der Waals surface area contributed by atoms with E-state index in [0.29, 0.717) is 17.4 Å². The SMILES string of the molecule is CN=C(NCc1ccc(S(=O)(=O)NC2CC2)cc1)NCC1CCCO1. The van der Waals surface area contributed by atoms with Crippen LogP contribution in [0.25, 0.3) is 0 Å². The van der Waals surface area contributed by atoms with Gasteiger partial charge in [-0.2, -0.15) is 0 Å². The summed E-state index contributed by atoms with van der Waals surface area (Å²) in [6.45, 7) is 2.15. The summed E-state index contributed by atoms with van der Waals surface area (Å²) in [7, 11) is -1.66. The fraction of sp³-hybridized carbons (Fsp3) is 0.588. The highest BCUT2D eigenvalue weighted by Crippen LogP contribution is 2.22. The molecule has 7 nitrogen and oxygen atoms in total. The lowest BCUT2D eigenvalue weighted by molar-refractivity contribution is 0.114. The van der Waals surface area contributed by atoms with Crippen LogP contribution in [0.5, 0.6) is 0 Å². The van der Waals surface area contributed by atoms with Crippen LogP contribution in [0.15, 0.2) is 34.2 Å². The van der Waals surface area contributed by atoms with Gasteiger partial charge in [-0.1, -0.05) is 12.1 Å². The third-order valence-electron chi connectivity index (χ3n) is 4.34. The van der Waals surface area contributed by atoms with Crippen molar-refractivity contribution in [3.63, 3.8) is 0 Å². The summed E-state index contributed by atoms with van der Waals surface area (Å²) in [6.07, 6.45) is 4.30. The molecule has 1 aliphatic carbocycles. The normalized spacial score (nSPS) is 21.3. The summed E-state index contributed by atoms with van der Waals surface area (Å²) in [5.74, 6) is 0.711. The van der Waals surface area contributed by atoms with E-state index in [0.717, 1.165) is 44.4 Å². The fourth-order valence-corrected chi connectivity index (χ4v) is 4.00. The standard InChI is InChI=1S/C17H26N4O3S/c1-18-17(20-12-15-3-2-10-24-15)19-11-13-4-8-16(9-5-13)25(22,23)21-14-6-7-14/h4-5,8-9,14-15,21H,2-3,6-7,10-12H2,1H3,(H2,18,19,20). The second-order valence-electron chi connectivity index (χ2n) is 6.48. The summed E-state index contributed by atoms with van der Waals surface area (Å²) in [5.41, 5.74) is 0.991. The molecule has 2 aliphatic rings. The lowest BCUT2D eigenvalue weighted by Crippen LogP contribution is -2.40. The Balaban J connectivity index is 1.48. The molecule has 0 radical (unpaired) electrons. The van der Waals surface area contributed by atoms with Gasteiger partial charge in [-0.05, 0) is 43.4 Å². The number of benzene rings is 1. The summed E-state index contributed by atoms with van der Waals surface area (Å²) >= 11 is 0. The Kier molecular flexibility index (Phi) is 5.93. The molecule has 0 amide bonds. The molecule has 1 saturated heterocycles. The van der Waals surface area contributed by atoms with Crippen LogP contribution in [-0.4, -0.2) is 46.7 Å². The van der Waals surface area contributed by atoms with Crippen LogP contribution in [0.2, 0.25) is 0 Å². The molecule has 1 aromatic carbocycles. The first kappa shape index (κ1) is 18.2. The second kappa shape index (κ2) is 8.16. The highest BCUT2D eigenvalue weighted by Gasteiger charge is 2.27. The quantitative estimate of drug-likeness (QED) is 0.494. The topological polar surface area (TPSA) is 91.8 Å². The average molecular weight is 366 g/mol. The monoisotopic (exact) mass is 366 g/mol. The minimum Gasteiger partial charge on any atom is -0.376 e. The number of rotatable bonds is 7. The minimum atomic E-state index is -3.39. The molecule has 25 heavy (non-hydrogen) atoms. The molecular weight excluding hydrogens is 340 g/mol. The van der Waals surface area contributed by atoms with Gasteiger partial charge in [0.15, 0.2) is 5.96 Å². The average Bonchev–Trinajstić information content (AvgIpc) is 3.25. The van der Waals surface area contributed by atoms with Crippen LogP contribution in [-0.2, 0) is 21.3 Å². The van der Waals surface area contributed by atoms with E-state index in [4.69, 9.17) is 4.74 Å². The Morgan fingerprint density at radius 1 is 1.20 bits per heavy atom. The molecule has 0 aromatic heterocycles. The van der Waals surface area contributed by atoms with Gasteiger partial charge in [0.25, 0.3) is 0 Å². The van der Waals surface area contributed by atoms with E-state index in [2.05, 4.69) is 20.3 Å². The van der Waals surface area contributed by atoms with Crippen LogP contribution in [0.4, 0.5) is 0 Å². The minimum absolute atomic E-state index is 0.115. The van der Waals surface area contributed by atoms with E-state index in [-0.39, 0.29) is 12.1 Å². The smallest absolute Gasteiger partial charge is 0.240 e. The fourth-order valence-electron chi connectivity index (χ4n) is 2.70. The zero-order valence-corrected chi connectivity index (χ0v) is 15.3. The van der Waals surface area contributed by atoms with Crippen molar-refractivity contribution in [2.45, 2.75) is 49.3 Å². The molecule has 0 bridgehead atoms. The number of nitrogens with zero attached hydrogens (tertiary/aromatic N) is 1. The lowest BCUT2D eigenvalue weighted by atomic mass is 10.2. The summed E-state index contributed by atoms with van der Waals surface area (Å²) in [6, 6.07) is 7.04. The number of guanidine groups is 1. The number of sulfonamides is 1. The Morgan fingerprint density at radius 2 is 1.96 bits per heavy atom. The van der Waals surface area contributed by atoms with Gasteiger partial charge >= 0.3 is 0 Å². The molecule has 1 aromatic rings. The predicted octanol–water partition coefficient (Wildman–Crippen LogP) is 0.971. The summed E-state index contributed by atoms with van der Waals surface area (Å²) in [5, 5.41) is 6.48. The van der Waals surface area contributed by atoms with E-state index < -0.39 is 10.0 Å². The second-order valence-corrected chi connectivity index (χ2v) is 8.20. The molecule has 138 valence electrons. The first-order valence-corrected chi connectivity index (χ1v) is 10.2. The lowest BCUT2D eigenvalue weighted by Gasteiger charge is -2.15. The maximum atomic E-state index is 12.1. The zero-order valence-electron chi connectivity index (χ0n) is 14.5. The van der Waals surface area contributed by atoms with Crippen LogP contribution >= 0.6 is 0 Å². The van der Waals surface area contributed by atoms with Gasteiger partial charge in [0.1, 0.15) is 0 Å². The largest absolute Gasteiger partial charge is 0.376 e. The van der Waals surface area contributed by atoms with Crippen molar-refractivity contribution < 1.29 is 13.2 Å². The van der Waals surface area contributed by atoms with Gasteiger partial charge in [-0.3, -0.25) is 4.99 Å². The molecule has 1 heterocycles. The molecule has 1 aliphatic heterocycles. The van der Waals surface area contributed by atoms with Crippen molar-refractivity contribution in [3.05, 3.63) is 29.8 Å². The van der Waals surface area contributed by atoms with E-state index in [1.165, 1.54) is 0 Å². The highest BCUT2D eigenvalue weighted by molar-refractivity contribution is 7.89. The molecule has 8 heteroatoms. The van der Waals surface area contributed by atoms with Gasteiger partial charge in [-0.15, -0.1) is 0 Å². The van der Waals surface area contributed by atoms with Gasteiger partial charge in [0, 0.05) is 32.8 Å². The highest BCUT2D eigenvalue weighted by atomic mass is 32.2. The van der Waals surface area contributed by atoms with Gasteiger partial charge < -0.3 is 15.4 Å². The summed E-state index contributed by atoms with van der Waals surface area (Å²) in [4.78, 5) is 4.50. The molecule has 1 saturated carbocycles.